The van der Waals surface area contributed by atoms with Crippen molar-refractivity contribution in [2.24, 2.45) is 27.6 Å². The standard InChI is InChI=1S/C21H21BrFN3O4/c1-11-3-5-13-17(19(2)16(27)7-8-21(11,19)29)30-18(28)20(13)10-26(25-24-20)12-4-6-15(23)14(22)9-12/h4,6-9,11,13,17,29H,3,5,10H2,1-2H3/t11-,13?,17?,19-,20?,21+/m0/s1. The van der Waals surface area contributed by atoms with Crippen molar-refractivity contribution in [3.63, 3.8) is 0 Å². The van der Waals surface area contributed by atoms with E-state index in [4.69, 9.17) is 4.74 Å². The number of hydrogen-bond acceptors (Lipinski definition) is 7. The Bertz CT molecular complexity index is 1030. The molecule has 2 aliphatic heterocycles. The van der Waals surface area contributed by atoms with Crippen LogP contribution in [0.25, 0.3) is 0 Å². The van der Waals surface area contributed by atoms with Crippen molar-refractivity contribution in [1.82, 2.24) is 0 Å². The van der Waals surface area contributed by atoms with Crippen LogP contribution in [0.4, 0.5) is 10.1 Å². The normalized spacial score (nSPS) is 41.9. The van der Waals surface area contributed by atoms with E-state index in [1.807, 2.05) is 6.92 Å². The van der Waals surface area contributed by atoms with Crippen LogP contribution in [0, 0.1) is 23.1 Å². The van der Waals surface area contributed by atoms with Crippen LogP contribution in [0.2, 0.25) is 0 Å². The number of rotatable bonds is 1. The second-order valence-corrected chi connectivity index (χ2v) is 9.76. The Balaban J connectivity index is 1.53. The summed E-state index contributed by atoms with van der Waals surface area (Å²) in [5.74, 6) is -1.78. The second-order valence-electron chi connectivity index (χ2n) is 8.91. The molecule has 6 atom stereocenters. The molecule has 2 aliphatic carbocycles. The lowest BCUT2D eigenvalue weighted by Gasteiger charge is -2.43. The molecule has 2 heterocycles. The first-order chi connectivity index (χ1) is 14.1. The summed E-state index contributed by atoms with van der Waals surface area (Å²) in [6, 6.07) is 4.45. The highest BCUT2D eigenvalue weighted by Crippen LogP contribution is 2.59. The topological polar surface area (TPSA) is 91.6 Å². The highest BCUT2D eigenvalue weighted by atomic mass is 79.9. The first-order valence-corrected chi connectivity index (χ1v) is 10.8. The maximum atomic E-state index is 13.6. The van der Waals surface area contributed by atoms with Crippen LogP contribution in [0.3, 0.4) is 0 Å². The van der Waals surface area contributed by atoms with Crippen molar-refractivity contribution in [1.29, 1.82) is 0 Å². The summed E-state index contributed by atoms with van der Waals surface area (Å²) in [4.78, 5) is 26.0. The first-order valence-electron chi connectivity index (χ1n) is 9.96. The van der Waals surface area contributed by atoms with E-state index in [2.05, 4.69) is 26.3 Å². The molecule has 1 N–H and O–H groups in total. The fourth-order valence-corrected chi connectivity index (χ4v) is 5.93. The van der Waals surface area contributed by atoms with E-state index in [0.29, 0.717) is 18.5 Å². The number of halogens is 2. The number of carbonyl (C=O) groups excluding carboxylic acids is 2. The third-order valence-electron chi connectivity index (χ3n) is 7.55. The number of hydrogen-bond donors (Lipinski definition) is 1. The van der Waals surface area contributed by atoms with Crippen molar-refractivity contribution in [3.8, 4) is 0 Å². The molecule has 5 rings (SSSR count). The monoisotopic (exact) mass is 477 g/mol. The largest absolute Gasteiger partial charge is 0.459 e. The SMILES string of the molecule is C[C@H]1CCC2C(OC(=O)C23CN(c2ccc(F)c(Br)c2)N=N3)[C@]2(C)C(=O)C=C[C@@]12O. The van der Waals surface area contributed by atoms with Crippen molar-refractivity contribution < 1.29 is 23.8 Å². The number of aliphatic hydroxyl groups is 1. The smallest absolute Gasteiger partial charge is 0.338 e. The third-order valence-corrected chi connectivity index (χ3v) is 8.16. The van der Waals surface area contributed by atoms with Gasteiger partial charge in [-0.15, -0.1) is 5.11 Å². The van der Waals surface area contributed by atoms with Crippen LogP contribution in [-0.4, -0.2) is 40.6 Å². The van der Waals surface area contributed by atoms with E-state index in [1.165, 1.54) is 12.1 Å². The van der Waals surface area contributed by atoms with Crippen LogP contribution in [0.1, 0.15) is 26.7 Å². The van der Waals surface area contributed by atoms with Gasteiger partial charge in [-0.3, -0.25) is 4.79 Å². The zero-order valence-corrected chi connectivity index (χ0v) is 18.1. The number of nitrogens with zero attached hydrogens (tertiary/aromatic N) is 3. The maximum Gasteiger partial charge on any atom is 0.338 e. The number of allylic oxidation sites excluding steroid dienone is 1. The Morgan fingerprint density at radius 3 is 2.83 bits per heavy atom. The fraction of sp³-hybridized carbons (Fsp3) is 0.524. The number of ether oxygens (including phenoxy) is 1. The number of benzene rings is 1. The zero-order chi connectivity index (χ0) is 21.5. The molecule has 0 aromatic heterocycles. The Kier molecular flexibility index (Phi) is 4.09. The van der Waals surface area contributed by atoms with Gasteiger partial charge in [0.05, 0.1) is 22.1 Å². The molecule has 1 saturated carbocycles. The van der Waals surface area contributed by atoms with Gasteiger partial charge in [-0.05, 0) is 72.0 Å². The summed E-state index contributed by atoms with van der Waals surface area (Å²) in [6.07, 6.45) is 3.33. The molecule has 0 bridgehead atoms. The predicted molar refractivity (Wildman–Crippen MR) is 108 cm³/mol. The summed E-state index contributed by atoms with van der Waals surface area (Å²) in [6.45, 7) is 3.73. The summed E-state index contributed by atoms with van der Waals surface area (Å²) in [5.41, 5.74) is -3.33. The Morgan fingerprint density at radius 1 is 1.33 bits per heavy atom. The summed E-state index contributed by atoms with van der Waals surface area (Å²) >= 11 is 3.16. The van der Waals surface area contributed by atoms with Gasteiger partial charge in [-0.25, -0.2) is 14.2 Å². The van der Waals surface area contributed by atoms with Gasteiger partial charge in [-0.2, -0.15) is 0 Å². The average molecular weight is 478 g/mol. The van der Waals surface area contributed by atoms with E-state index < -0.39 is 40.4 Å². The minimum atomic E-state index is -1.38. The second kappa shape index (κ2) is 6.20. The summed E-state index contributed by atoms with van der Waals surface area (Å²) < 4.78 is 19.7. The van der Waals surface area contributed by atoms with Gasteiger partial charge < -0.3 is 9.84 Å². The Labute approximate surface area is 181 Å². The molecule has 9 heteroatoms. The fourth-order valence-electron chi connectivity index (χ4n) is 5.56. The van der Waals surface area contributed by atoms with Gasteiger partial charge in [-0.1, -0.05) is 12.1 Å². The molecule has 7 nitrogen and oxygen atoms in total. The van der Waals surface area contributed by atoms with Crippen LogP contribution in [0.15, 0.2) is 45.2 Å². The maximum absolute atomic E-state index is 13.6. The third kappa shape index (κ3) is 2.27. The zero-order valence-electron chi connectivity index (χ0n) is 16.5. The molecular weight excluding hydrogens is 457 g/mol. The number of anilines is 1. The molecule has 3 unspecified atom stereocenters. The molecule has 1 saturated heterocycles. The average Bonchev–Trinajstić information content (AvgIpc) is 3.33. The Hall–Kier alpha value is -2.13. The molecule has 158 valence electrons. The molecule has 1 spiro atoms. The van der Waals surface area contributed by atoms with E-state index in [0.717, 1.165) is 0 Å². The van der Waals surface area contributed by atoms with Gasteiger partial charge in [0.2, 0.25) is 5.54 Å². The summed E-state index contributed by atoms with van der Waals surface area (Å²) in [5, 5.41) is 21.5. The van der Waals surface area contributed by atoms with E-state index in [1.54, 1.807) is 30.1 Å². The van der Waals surface area contributed by atoms with Gasteiger partial charge in [0.15, 0.2) is 5.78 Å². The van der Waals surface area contributed by atoms with Gasteiger partial charge in [0, 0.05) is 5.92 Å². The highest BCUT2D eigenvalue weighted by Gasteiger charge is 2.72. The molecule has 1 aromatic rings. The number of carbonyl (C=O) groups is 2. The van der Waals surface area contributed by atoms with Crippen molar-refractivity contribution in [3.05, 3.63) is 40.6 Å². The molecule has 4 aliphatic rings. The molecular formula is C21H21BrFN3O4. The van der Waals surface area contributed by atoms with Crippen molar-refractivity contribution in [2.45, 2.75) is 43.9 Å². The quantitative estimate of drug-likeness (QED) is 0.626. The number of fused-ring (bicyclic) bond motifs is 4. The van der Waals surface area contributed by atoms with E-state index in [9.17, 15) is 19.1 Å². The van der Waals surface area contributed by atoms with Crippen LogP contribution >= 0.6 is 15.9 Å². The van der Waals surface area contributed by atoms with Gasteiger partial charge in [0.25, 0.3) is 0 Å². The highest BCUT2D eigenvalue weighted by molar-refractivity contribution is 9.10. The molecule has 30 heavy (non-hydrogen) atoms. The minimum Gasteiger partial charge on any atom is -0.459 e. The van der Waals surface area contributed by atoms with Crippen LogP contribution < -0.4 is 5.01 Å². The van der Waals surface area contributed by atoms with Crippen LogP contribution in [0.5, 0.6) is 0 Å². The van der Waals surface area contributed by atoms with Gasteiger partial charge >= 0.3 is 5.97 Å². The first kappa shape index (κ1) is 19.8. The lowest BCUT2D eigenvalue weighted by molar-refractivity contribution is -0.166. The van der Waals surface area contributed by atoms with E-state index >= 15 is 0 Å². The molecule has 0 radical (unpaired) electrons. The Morgan fingerprint density at radius 2 is 2.10 bits per heavy atom. The van der Waals surface area contributed by atoms with Crippen molar-refractivity contribution in [2.75, 3.05) is 11.6 Å². The summed E-state index contributed by atoms with van der Waals surface area (Å²) in [7, 11) is 0. The number of esters is 1. The molecule has 2 fully saturated rings. The molecule has 0 amide bonds. The van der Waals surface area contributed by atoms with E-state index in [-0.39, 0.29) is 22.7 Å². The number of ketones is 1. The van der Waals surface area contributed by atoms with Crippen molar-refractivity contribution >= 4 is 33.4 Å². The minimum absolute atomic E-state index is 0.135. The lowest BCUT2D eigenvalue weighted by atomic mass is 9.63. The van der Waals surface area contributed by atoms with Crippen LogP contribution in [-0.2, 0) is 14.3 Å². The molecule has 1 aromatic carbocycles. The van der Waals surface area contributed by atoms with Gasteiger partial charge in [0.1, 0.15) is 17.5 Å². The lowest BCUT2D eigenvalue weighted by Crippen LogP contribution is -2.57. The predicted octanol–water partition coefficient (Wildman–Crippen LogP) is 3.36.